The summed E-state index contributed by atoms with van der Waals surface area (Å²) in [5.74, 6) is -0.955. The number of aromatic carboxylic acids is 1. The molecule has 42 heavy (non-hydrogen) atoms. The normalized spacial score (nSPS) is 15.8. The van der Waals surface area contributed by atoms with Crippen LogP contribution in [0.15, 0.2) is 79.3 Å². The summed E-state index contributed by atoms with van der Waals surface area (Å²) in [6.07, 6.45) is 5.30. The number of carbonyl (C=O) groups is 2. The lowest BCUT2D eigenvalue weighted by molar-refractivity contribution is 0.0159. The highest BCUT2D eigenvalue weighted by molar-refractivity contribution is 6.09. The van der Waals surface area contributed by atoms with Crippen LogP contribution in [-0.2, 0) is 4.74 Å². The van der Waals surface area contributed by atoms with Gasteiger partial charge in [-0.2, -0.15) is 5.10 Å². The van der Waals surface area contributed by atoms with Crippen LogP contribution >= 0.6 is 0 Å². The Morgan fingerprint density at radius 3 is 2.36 bits per heavy atom. The molecule has 1 N–H and O–H groups in total. The molecular formula is C33H33N5O4. The van der Waals surface area contributed by atoms with E-state index in [2.05, 4.69) is 34.3 Å². The van der Waals surface area contributed by atoms with Gasteiger partial charge >= 0.3 is 12.1 Å². The van der Waals surface area contributed by atoms with Crippen molar-refractivity contribution in [1.29, 1.82) is 0 Å². The molecule has 9 nitrogen and oxygen atoms in total. The lowest BCUT2D eigenvalue weighted by atomic mass is 9.97. The zero-order chi connectivity index (χ0) is 29.6. The van der Waals surface area contributed by atoms with Gasteiger partial charge in [-0.15, -0.1) is 0 Å². The van der Waals surface area contributed by atoms with Gasteiger partial charge in [0.25, 0.3) is 0 Å². The molecule has 9 heteroatoms. The van der Waals surface area contributed by atoms with E-state index in [1.54, 1.807) is 27.7 Å². The van der Waals surface area contributed by atoms with Crippen LogP contribution < -0.4 is 4.90 Å². The van der Waals surface area contributed by atoms with E-state index >= 15 is 0 Å². The second-order valence-corrected chi connectivity index (χ2v) is 11.7. The Balaban J connectivity index is 1.22. The lowest BCUT2D eigenvalue weighted by Gasteiger charge is -2.41. The Morgan fingerprint density at radius 2 is 1.64 bits per heavy atom. The molecule has 2 aromatic heterocycles. The summed E-state index contributed by atoms with van der Waals surface area (Å²) in [5, 5.41) is 15.7. The van der Waals surface area contributed by atoms with E-state index in [1.165, 1.54) is 0 Å². The largest absolute Gasteiger partial charge is 0.478 e. The van der Waals surface area contributed by atoms with Gasteiger partial charge in [-0.1, -0.05) is 42.5 Å². The summed E-state index contributed by atoms with van der Waals surface area (Å²) in [6, 6.07) is 19.3. The fraction of sp³-hybridized carbons (Fsp3) is 0.273. The van der Waals surface area contributed by atoms with Crippen molar-refractivity contribution in [3.05, 3.63) is 84.8 Å². The van der Waals surface area contributed by atoms with E-state index in [4.69, 9.17) is 9.72 Å². The van der Waals surface area contributed by atoms with E-state index in [0.29, 0.717) is 17.6 Å². The molecule has 3 heterocycles. The number of nitrogens with zero attached hydrogens (tertiary/aromatic N) is 5. The van der Waals surface area contributed by atoms with Crippen molar-refractivity contribution in [1.82, 2.24) is 19.5 Å². The van der Waals surface area contributed by atoms with Gasteiger partial charge < -0.3 is 19.6 Å². The maximum absolute atomic E-state index is 12.6. The Hall–Kier alpha value is -4.92. The van der Waals surface area contributed by atoms with E-state index in [9.17, 15) is 14.7 Å². The average Bonchev–Trinajstić information content (AvgIpc) is 3.38. The van der Waals surface area contributed by atoms with Crippen molar-refractivity contribution < 1.29 is 19.4 Å². The summed E-state index contributed by atoms with van der Waals surface area (Å²) >= 11 is 0. The van der Waals surface area contributed by atoms with Gasteiger partial charge in [0.15, 0.2) is 5.65 Å². The number of hydrogen-bond donors (Lipinski definition) is 1. The van der Waals surface area contributed by atoms with Crippen LogP contribution in [0.5, 0.6) is 0 Å². The molecule has 0 aliphatic carbocycles. The van der Waals surface area contributed by atoms with Gasteiger partial charge in [-0.05, 0) is 67.8 Å². The summed E-state index contributed by atoms with van der Waals surface area (Å²) < 4.78 is 7.34. The molecule has 1 saturated heterocycles. The number of aromatic nitrogens is 3. The first-order valence-corrected chi connectivity index (χ1v) is 14.0. The quantitative estimate of drug-likeness (QED) is 0.272. The van der Waals surface area contributed by atoms with Crippen LogP contribution in [0.1, 0.15) is 38.1 Å². The first-order valence-electron chi connectivity index (χ1n) is 14.0. The number of carboxylic acid groups (broad SMARTS) is 1. The molecule has 6 rings (SSSR count). The molecule has 0 spiro atoms. The number of fused-ring (bicyclic) bond motifs is 2. The standard InChI is InChI=1S/C33H33N5O4/c1-21-19-36(15-16-37(21)32(41)42-33(2,3)4)24-13-11-22(12-14-24)23-17-34-30-29(18-35-38(30)20-23)27-9-5-8-26-25(27)7-6-10-28(26)31(39)40/h5-14,17-18,20-21H,15-16,19H2,1-4H3,(H,39,40)/t21-/m0/s1. The summed E-state index contributed by atoms with van der Waals surface area (Å²) in [5.41, 5.74) is 5.22. The van der Waals surface area contributed by atoms with Gasteiger partial charge in [0.05, 0.1) is 11.8 Å². The van der Waals surface area contributed by atoms with Crippen LogP contribution in [0, 0.1) is 0 Å². The molecule has 0 saturated carbocycles. The minimum absolute atomic E-state index is 0.0337. The molecule has 0 radical (unpaired) electrons. The minimum atomic E-state index is -0.955. The van der Waals surface area contributed by atoms with Crippen molar-refractivity contribution in [2.24, 2.45) is 0 Å². The van der Waals surface area contributed by atoms with E-state index in [-0.39, 0.29) is 17.7 Å². The number of hydrogen-bond acceptors (Lipinski definition) is 6. The predicted octanol–water partition coefficient (Wildman–Crippen LogP) is 6.36. The Morgan fingerprint density at radius 1 is 0.905 bits per heavy atom. The second-order valence-electron chi connectivity index (χ2n) is 11.7. The Kier molecular flexibility index (Phi) is 6.80. The van der Waals surface area contributed by atoms with Crippen LogP contribution in [0.4, 0.5) is 10.5 Å². The zero-order valence-corrected chi connectivity index (χ0v) is 24.1. The molecule has 1 amide bonds. The second kappa shape index (κ2) is 10.5. The fourth-order valence-electron chi connectivity index (χ4n) is 5.59. The number of piperazine rings is 1. The highest BCUT2D eigenvalue weighted by atomic mass is 16.6. The summed E-state index contributed by atoms with van der Waals surface area (Å²) in [7, 11) is 0. The zero-order valence-electron chi connectivity index (χ0n) is 24.1. The number of carbonyl (C=O) groups excluding carboxylic acids is 1. The average molecular weight is 564 g/mol. The number of rotatable bonds is 4. The SMILES string of the molecule is C[C@H]1CN(c2ccc(-c3cnc4c(-c5cccc6c(C(=O)O)cccc56)cnn4c3)cc2)CCN1C(=O)OC(C)(C)C. The molecule has 1 aliphatic rings. The molecule has 3 aromatic carbocycles. The molecule has 214 valence electrons. The van der Waals surface area contributed by atoms with Gasteiger partial charge in [-0.25, -0.2) is 19.1 Å². The van der Waals surface area contributed by atoms with Gasteiger partial charge in [0.1, 0.15) is 5.60 Å². The molecule has 0 unspecified atom stereocenters. The summed E-state index contributed by atoms with van der Waals surface area (Å²) in [6.45, 7) is 9.76. The predicted molar refractivity (Wildman–Crippen MR) is 163 cm³/mol. The fourth-order valence-corrected chi connectivity index (χ4v) is 5.59. The third kappa shape index (κ3) is 5.13. The number of carboxylic acids is 1. The molecule has 5 aromatic rings. The first-order chi connectivity index (χ1) is 20.1. The number of benzene rings is 3. The lowest BCUT2D eigenvalue weighted by Crippen LogP contribution is -2.55. The molecule has 1 aliphatic heterocycles. The van der Waals surface area contributed by atoms with Crippen molar-refractivity contribution in [3.63, 3.8) is 0 Å². The van der Waals surface area contributed by atoms with Crippen LogP contribution in [-0.4, -0.2) is 67.9 Å². The third-order valence-corrected chi connectivity index (χ3v) is 7.62. The number of ether oxygens (including phenoxy) is 1. The van der Waals surface area contributed by atoms with E-state index in [0.717, 1.165) is 46.4 Å². The smallest absolute Gasteiger partial charge is 0.410 e. The van der Waals surface area contributed by atoms with Gasteiger partial charge in [-0.3, -0.25) is 0 Å². The Labute approximate surface area is 244 Å². The maximum Gasteiger partial charge on any atom is 0.410 e. The van der Waals surface area contributed by atoms with Crippen molar-refractivity contribution in [3.8, 4) is 22.3 Å². The molecule has 0 bridgehead atoms. The molecule has 1 atom stereocenters. The van der Waals surface area contributed by atoms with Crippen molar-refractivity contribution in [2.45, 2.75) is 39.3 Å². The van der Waals surface area contributed by atoms with Crippen molar-refractivity contribution >= 4 is 34.2 Å². The number of anilines is 1. The first kappa shape index (κ1) is 27.3. The molecule has 1 fully saturated rings. The van der Waals surface area contributed by atoms with Crippen LogP contribution in [0.2, 0.25) is 0 Å². The topological polar surface area (TPSA) is 100 Å². The summed E-state index contributed by atoms with van der Waals surface area (Å²) in [4.78, 5) is 33.2. The van der Waals surface area contributed by atoms with Crippen LogP contribution in [0.3, 0.4) is 0 Å². The number of amides is 1. The van der Waals surface area contributed by atoms with Crippen LogP contribution in [0.25, 0.3) is 38.7 Å². The Bertz CT molecular complexity index is 1810. The van der Waals surface area contributed by atoms with Gasteiger partial charge in [0.2, 0.25) is 0 Å². The monoisotopic (exact) mass is 563 g/mol. The van der Waals surface area contributed by atoms with Gasteiger partial charge in [0, 0.05) is 54.9 Å². The van der Waals surface area contributed by atoms with E-state index < -0.39 is 11.6 Å². The highest BCUT2D eigenvalue weighted by Gasteiger charge is 2.31. The highest BCUT2D eigenvalue weighted by Crippen LogP contribution is 2.33. The minimum Gasteiger partial charge on any atom is -0.478 e. The van der Waals surface area contributed by atoms with Crippen molar-refractivity contribution in [2.75, 3.05) is 24.5 Å². The maximum atomic E-state index is 12.6. The third-order valence-electron chi connectivity index (χ3n) is 7.62. The van der Waals surface area contributed by atoms with E-state index in [1.807, 2.05) is 64.4 Å². The molecular weight excluding hydrogens is 530 g/mol.